The third-order valence-electron chi connectivity index (χ3n) is 10.1. The van der Waals surface area contributed by atoms with Gasteiger partial charge in [-0.1, -0.05) is 52.8 Å². The molecule has 0 radical (unpaired) electrons. The molecule has 2 fully saturated rings. The van der Waals surface area contributed by atoms with Crippen LogP contribution in [0.5, 0.6) is 5.75 Å². The number of primary amides is 1. The Morgan fingerprint density at radius 2 is 1.80 bits per heavy atom. The zero-order valence-corrected chi connectivity index (χ0v) is 26.5. The second-order valence-electron chi connectivity index (χ2n) is 15.0. The quantitative estimate of drug-likeness (QED) is 0.355. The van der Waals surface area contributed by atoms with Crippen molar-refractivity contribution >= 4 is 34.6 Å². The van der Waals surface area contributed by atoms with Gasteiger partial charge in [0.1, 0.15) is 5.75 Å². The van der Waals surface area contributed by atoms with Crippen LogP contribution in [-0.4, -0.2) is 76.4 Å². The molecule has 10 nitrogen and oxygen atoms in total. The average molecular weight is 606 g/mol. The minimum absolute atomic E-state index is 0.00855. The van der Waals surface area contributed by atoms with E-state index < -0.39 is 63.3 Å². The summed E-state index contributed by atoms with van der Waals surface area (Å²) in [5.74, 6) is -8.81. The maximum Gasteiger partial charge on any atom is 0.235 e. The molecule has 6 atom stereocenters. The summed E-state index contributed by atoms with van der Waals surface area (Å²) in [6, 6.07) is 0.684. The number of hydrogen-bond donors (Lipinski definition) is 4. The molecule has 10 heteroatoms. The van der Waals surface area contributed by atoms with E-state index in [-0.39, 0.29) is 36.1 Å². The number of carbonyl (C=O) groups is 5. The fourth-order valence-corrected chi connectivity index (χ4v) is 8.46. The summed E-state index contributed by atoms with van der Waals surface area (Å²) in [6.45, 7) is 10.4. The summed E-state index contributed by atoms with van der Waals surface area (Å²) < 4.78 is 0. The molecule has 236 valence electrons. The van der Waals surface area contributed by atoms with Crippen molar-refractivity contribution in [2.75, 3.05) is 20.6 Å². The van der Waals surface area contributed by atoms with E-state index >= 15 is 0 Å². The highest BCUT2D eigenvalue weighted by Gasteiger charge is 2.76. The van der Waals surface area contributed by atoms with Gasteiger partial charge in [0.25, 0.3) is 0 Å². The molecule has 0 bridgehead atoms. The molecule has 5 rings (SSSR count). The predicted octanol–water partition coefficient (Wildman–Crippen LogP) is 2.13. The van der Waals surface area contributed by atoms with Crippen LogP contribution in [0.1, 0.15) is 74.5 Å². The molecular formula is C34H43N3O7. The third-order valence-corrected chi connectivity index (χ3v) is 10.1. The second-order valence-corrected chi connectivity index (χ2v) is 15.0. The lowest BCUT2D eigenvalue weighted by Gasteiger charge is -2.61. The predicted molar refractivity (Wildman–Crippen MR) is 163 cm³/mol. The first-order valence-corrected chi connectivity index (χ1v) is 15.1. The molecule has 2 unspecified atom stereocenters. The smallest absolute Gasteiger partial charge is 0.235 e. The number of carbonyl (C=O) groups excluding carboxylic acids is 5. The molecule has 0 spiro atoms. The summed E-state index contributed by atoms with van der Waals surface area (Å²) in [4.78, 5) is 70.3. The number of nitrogens with two attached hydrogens (primary N) is 1. The first-order chi connectivity index (χ1) is 20.3. The Kier molecular flexibility index (Phi) is 7.47. The molecule has 1 aromatic rings. The van der Waals surface area contributed by atoms with Gasteiger partial charge in [0.15, 0.2) is 34.7 Å². The fraction of sp³-hybridized carbons (Fsp3) is 0.559. The van der Waals surface area contributed by atoms with E-state index in [1.165, 1.54) is 11.8 Å². The molecule has 4 aliphatic rings. The molecule has 0 saturated heterocycles. The van der Waals surface area contributed by atoms with Crippen LogP contribution in [0.25, 0.3) is 5.57 Å². The zero-order valence-electron chi connectivity index (χ0n) is 26.5. The number of allylic oxidation sites excluding steroid dienone is 4. The van der Waals surface area contributed by atoms with E-state index in [2.05, 4.69) is 26.1 Å². The average Bonchev–Trinajstić information content (AvgIpc) is 3.41. The van der Waals surface area contributed by atoms with E-state index in [0.717, 1.165) is 17.6 Å². The number of aliphatic hydroxyl groups is 1. The van der Waals surface area contributed by atoms with Crippen molar-refractivity contribution in [3.63, 3.8) is 0 Å². The largest absolute Gasteiger partial charge is 0.507 e. The number of rotatable bonds is 6. The summed E-state index contributed by atoms with van der Waals surface area (Å²) in [5.41, 5.74) is 2.60. The van der Waals surface area contributed by atoms with E-state index in [0.29, 0.717) is 17.7 Å². The van der Waals surface area contributed by atoms with Crippen LogP contribution in [0, 0.1) is 28.1 Å². The second kappa shape index (κ2) is 10.3. The SMILES string of the molecule is CN(C)[C@@H]1C(=O)C(C(N)=O)C(=O)[C@@]2(O)C(=O)C3C(=O)c4c(O)c(CNCC(C)(C)C)cc(C5=CCC=C5)c4C[C@@]3(C)C[C@@]12C. The Morgan fingerprint density at radius 3 is 2.34 bits per heavy atom. The van der Waals surface area contributed by atoms with Gasteiger partial charge in [-0.15, -0.1) is 0 Å². The summed E-state index contributed by atoms with van der Waals surface area (Å²) in [5, 5.41) is 27.1. The van der Waals surface area contributed by atoms with Crippen LogP contribution in [0.3, 0.4) is 0 Å². The topological polar surface area (TPSA) is 167 Å². The monoisotopic (exact) mass is 605 g/mol. The number of nitrogens with one attached hydrogen (secondary N) is 1. The van der Waals surface area contributed by atoms with Crippen molar-refractivity contribution in [2.24, 2.45) is 33.8 Å². The molecule has 0 aliphatic heterocycles. The minimum Gasteiger partial charge on any atom is -0.507 e. The van der Waals surface area contributed by atoms with Crippen molar-refractivity contribution in [1.82, 2.24) is 10.2 Å². The zero-order chi connectivity index (χ0) is 32.7. The number of amides is 1. The number of ketones is 4. The van der Waals surface area contributed by atoms with Gasteiger partial charge in [-0.2, -0.15) is 0 Å². The van der Waals surface area contributed by atoms with Gasteiger partial charge in [0, 0.05) is 24.1 Å². The molecule has 44 heavy (non-hydrogen) atoms. The Morgan fingerprint density at radius 1 is 1.14 bits per heavy atom. The van der Waals surface area contributed by atoms with Crippen molar-refractivity contribution in [1.29, 1.82) is 0 Å². The van der Waals surface area contributed by atoms with E-state index in [1.54, 1.807) is 21.0 Å². The van der Waals surface area contributed by atoms with Crippen LogP contribution in [0.4, 0.5) is 0 Å². The van der Waals surface area contributed by atoms with Crippen LogP contribution in [0.2, 0.25) is 0 Å². The Labute approximate surface area is 257 Å². The summed E-state index contributed by atoms with van der Waals surface area (Å²) in [7, 11) is 3.15. The van der Waals surface area contributed by atoms with Gasteiger partial charge in [0.2, 0.25) is 5.91 Å². The highest BCUT2D eigenvalue weighted by molar-refractivity contribution is 6.33. The molecule has 5 N–H and O–H groups in total. The van der Waals surface area contributed by atoms with Crippen LogP contribution in [0.15, 0.2) is 24.3 Å². The standard InChI is InChI=1S/C34H43N3O7/c1-31(2,3)16-36-14-18-12-19(17-10-8-9-11-17)20-13-32(4)15-33(5)27(37(6)7)26(40)22(30(35)43)28(41)34(33,44)29(42)23(32)25(39)21(20)24(18)38/h8,10-12,22-23,27,36,38,44H,9,13-16H2,1-7H3,(H2,35,43)/t22?,23?,27-,32+,33+,34-/m1/s1. The van der Waals surface area contributed by atoms with Gasteiger partial charge in [-0.3, -0.25) is 28.9 Å². The van der Waals surface area contributed by atoms with Crippen molar-refractivity contribution in [3.8, 4) is 5.75 Å². The molecule has 1 amide bonds. The van der Waals surface area contributed by atoms with Gasteiger partial charge in [-0.25, -0.2) is 0 Å². The maximum atomic E-state index is 14.5. The maximum absolute atomic E-state index is 14.5. The van der Waals surface area contributed by atoms with Crippen molar-refractivity contribution in [2.45, 2.75) is 72.1 Å². The van der Waals surface area contributed by atoms with Gasteiger partial charge in [0.05, 0.1) is 17.5 Å². The lowest BCUT2D eigenvalue weighted by molar-refractivity contribution is -0.203. The number of phenols is 1. The molecule has 1 aromatic carbocycles. The molecule has 4 aliphatic carbocycles. The van der Waals surface area contributed by atoms with Gasteiger partial charge < -0.3 is 21.3 Å². The third kappa shape index (κ3) is 4.44. The molecular weight excluding hydrogens is 562 g/mol. The van der Waals surface area contributed by atoms with Crippen LogP contribution < -0.4 is 11.1 Å². The van der Waals surface area contributed by atoms with Crippen molar-refractivity contribution < 1.29 is 34.2 Å². The van der Waals surface area contributed by atoms with Gasteiger partial charge >= 0.3 is 0 Å². The van der Waals surface area contributed by atoms with E-state index in [9.17, 15) is 34.2 Å². The summed E-state index contributed by atoms with van der Waals surface area (Å²) in [6.07, 6.45) is 6.86. The number of fused-ring (bicyclic) bond motifs is 3. The number of Topliss-reactive ketones (excluding diaryl/α,β-unsaturated/α-hetero) is 4. The van der Waals surface area contributed by atoms with Crippen LogP contribution in [-0.2, 0) is 32.1 Å². The highest BCUT2D eigenvalue weighted by Crippen LogP contribution is 2.62. The molecule has 0 aromatic heterocycles. The number of phenolic OH excluding ortho intramolecular Hbond substituents is 1. The van der Waals surface area contributed by atoms with Crippen molar-refractivity contribution in [3.05, 3.63) is 46.5 Å². The first-order valence-electron chi connectivity index (χ1n) is 15.1. The number of nitrogens with zero attached hydrogens (tertiary/aromatic N) is 1. The van der Waals surface area contributed by atoms with Crippen LogP contribution >= 0.6 is 0 Å². The van der Waals surface area contributed by atoms with E-state index in [1.807, 2.05) is 24.3 Å². The number of likely N-dealkylation sites (N-methyl/N-ethyl adjacent to an activating group) is 1. The molecule has 0 heterocycles. The lowest BCUT2D eigenvalue weighted by Crippen LogP contribution is -2.79. The first kappa shape index (κ1) is 31.9. The van der Waals surface area contributed by atoms with E-state index in [4.69, 9.17) is 5.73 Å². The fourth-order valence-electron chi connectivity index (χ4n) is 8.46. The van der Waals surface area contributed by atoms with Gasteiger partial charge in [-0.05, 0) is 67.0 Å². The Hall–Kier alpha value is -3.47. The Balaban J connectivity index is 1.70. The Bertz CT molecular complexity index is 1570. The minimum atomic E-state index is -2.83. The highest BCUT2D eigenvalue weighted by atomic mass is 16.3. The normalized spacial score (nSPS) is 33.3. The number of aromatic hydroxyl groups is 1. The molecule has 2 saturated carbocycles. The summed E-state index contributed by atoms with van der Waals surface area (Å²) >= 11 is 0. The number of benzene rings is 1. The lowest BCUT2D eigenvalue weighted by atomic mass is 9.42. The number of hydrogen-bond acceptors (Lipinski definition) is 9.